The fraction of sp³-hybridized carbons (Fsp3) is 0.214. The molecular formula is C14H14ClN3O2. The van der Waals surface area contributed by atoms with Crippen LogP contribution in [0.4, 0.5) is 5.69 Å². The zero-order valence-corrected chi connectivity index (χ0v) is 11.9. The molecule has 104 valence electrons. The fourth-order valence-corrected chi connectivity index (χ4v) is 2.08. The Morgan fingerprint density at radius 3 is 2.80 bits per heavy atom. The third-order valence-corrected chi connectivity index (χ3v) is 3.02. The molecule has 0 bridgehead atoms. The molecular weight excluding hydrogens is 278 g/mol. The van der Waals surface area contributed by atoms with Gasteiger partial charge in [-0.25, -0.2) is 4.98 Å². The van der Waals surface area contributed by atoms with E-state index in [9.17, 15) is 9.59 Å². The minimum atomic E-state index is -0.286. The van der Waals surface area contributed by atoms with Crippen molar-refractivity contribution in [2.24, 2.45) is 0 Å². The number of H-pyrrole nitrogens is 1. The highest BCUT2D eigenvalue weighted by molar-refractivity contribution is 6.30. The molecule has 6 heteroatoms. The van der Waals surface area contributed by atoms with Gasteiger partial charge in [-0.05, 0) is 32.0 Å². The van der Waals surface area contributed by atoms with Gasteiger partial charge in [0, 0.05) is 22.0 Å². The maximum Gasteiger partial charge on any atom is 0.254 e. The first kappa shape index (κ1) is 14.3. The first-order valence-electron chi connectivity index (χ1n) is 6.07. The van der Waals surface area contributed by atoms with Crippen molar-refractivity contribution in [1.29, 1.82) is 0 Å². The Morgan fingerprint density at radius 1 is 1.40 bits per heavy atom. The summed E-state index contributed by atoms with van der Waals surface area (Å²) >= 11 is 5.84. The number of rotatable bonds is 3. The molecule has 2 aromatic rings. The lowest BCUT2D eigenvalue weighted by Gasteiger charge is -2.07. The lowest BCUT2D eigenvalue weighted by atomic mass is 10.1. The van der Waals surface area contributed by atoms with Gasteiger partial charge in [-0.3, -0.25) is 9.59 Å². The zero-order valence-electron chi connectivity index (χ0n) is 11.2. The van der Waals surface area contributed by atoms with E-state index >= 15 is 0 Å². The van der Waals surface area contributed by atoms with Crippen LogP contribution in [0.1, 0.15) is 17.1 Å². The van der Waals surface area contributed by atoms with Crippen molar-refractivity contribution in [3.8, 4) is 0 Å². The predicted octanol–water partition coefficient (Wildman–Crippen LogP) is 2.22. The molecule has 0 saturated carbocycles. The van der Waals surface area contributed by atoms with E-state index < -0.39 is 0 Å². The summed E-state index contributed by atoms with van der Waals surface area (Å²) in [5, 5.41) is 3.23. The molecule has 2 rings (SSSR count). The summed E-state index contributed by atoms with van der Waals surface area (Å²) in [6.45, 7) is 3.41. The molecule has 0 fully saturated rings. The number of nitrogens with one attached hydrogen (secondary N) is 2. The summed E-state index contributed by atoms with van der Waals surface area (Å²) < 4.78 is 0. The topological polar surface area (TPSA) is 74.8 Å². The van der Waals surface area contributed by atoms with Crippen molar-refractivity contribution in [3.63, 3.8) is 0 Å². The highest BCUT2D eigenvalue weighted by Crippen LogP contribution is 2.15. The average Bonchev–Trinajstić information content (AvgIpc) is 2.33. The van der Waals surface area contributed by atoms with Crippen LogP contribution in [0.25, 0.3) is 0 Å². The summed E-state index contributed by atoms with van der Waals surface area (Å²) in [5.41, 5.74) is 1.25. The normalized spacial score (nSPS) is 10.3. The molecule has 0 aliphatic rings. The first-order valence-corrected chi connectivity index (χ1v) is 6.45. The van der Waals surface area contributed by atoms with E-state index in [1.54, 1.807) is 38.1 Å². The van der Waals surface area contributed by atoms with Crippen LogP contribution in [-0.4, -0.2) is 15.9 Å². The molecule has 0 spiro atoms. The summed E-state index contributed by atoms with van der Waals surface area (Å²) in [7, 11) is 0. The number of anilines is 1. The summed E-state index contributed by atoms with van der Waals surface area (Å²) in [6, 6.07) is 6.83. The number of carbonyl (C=O) groups is 1. The third kappa shape index (κ3) is 3.45. The maximum absolute atomic E-state index is 11.9. The van der Waals surface area contributed by atoms with Crippen LogP contribution < -0.4 is 10.9 Å². The van der Waals surface area contributed by atoms with Gasteiger partial charge in [0.05, 0.1) is 6.42 Å². The summed E-state index contributed by atoms with van der Waals surface area (Å²) in [5.74, 6) is 0.248. The number of carbonyl (C=O) groups excluding carboxylic acids is 1. The Morgan fingerprint density at radius 2 is 2.15 bits per heavy atom. The second-order valence-electron chi connectivity index (χ2n) is 4.45. The van der Waals surface area contributed by atoms with Crippen molar-refractivity contribution in [1.82, 2.24) is 9.97 Å². The molecule has 0 atom stereocenters. The number of benzene rings is 1. The number of hydrogen-bond donors (Lipinski definition) is 2. The molecule has 5 nitrogen and oxygen atoms in total. The van der Waals surface area contributed by atoms with E-state index in [0.29, 0.717) is 27.8 Å². The highest BCUT2D eigenvalue weighted by atomic mass is 35.5. The molecule has 20 heavy (non-hydrogen) atoms. The molecule has 1 aromatic heterocycles. The number of nitrogens with zero attached hydrogens (tertiary/aromatic N) is 1. The number of aromatic nitrogens is 2. The fourth-order valence-electron chi connectivity index (χ4n) is 1.89. The quantitative estimate of drug-likeness (QED) is 0.910. The Balaban J connectivity index is 2.15. The SMILES string of the molecule is Cc1nc(C)c(CC(=O)Nc2cccc(Cl)c2)c(=O)[nH]1. The van der Waals surface area contributed by atoms with Gasteiger partial charge in [-0.2, -0.15) is 0 Å². The van der Waals surface area contributed by atoms with Crippen molar-refractivity contribution >= 4 is 23.2 Å². The van der Waals surface area contributed by atoms with Gasteiger partial charge in [-0.15, -0.1) is 0 Å². The lowest BCUT2D eigenvalue weighted by molar-refractivity contribution is -0.115. The molecule has 0 radical (unpaired) electrons. The van der Waals surface area contributed by atoms with Gasteiger partial charge >= 0.3 is 0 Å². The van der Waals surface area contributed by atoms with Crippen LogP contribution in [-0.2, 0) is 11.2 Å². The lowest BCUT2D eigenvalue weighted by Crippen LogP contribution is -2.24. The number of amides is 1. The number of hydrogen-bond acceptors (Lipinski definition) is 3. The molecule has 2 N–H and O–H groups in total. The zero-order chi connectivity index (χ0) is 14.7. The van der Waals surface area contributed by atoms with Gasteiger partial charge in [-0.1, -0.05) is 17.7 Å². The molecule has 1 aromatic carbocycles. The Hall–Kier alpha value is -2.14. The predicted molar refractivity (Wildman–Crippen MR) is 78.1 cm³/mol. The largest absolute Gasteiger partial charge is 0.326 e. The van der Waals surface area contributed by atoms with E-state index in [1.807, 2.05) is 0 Å². The van der Waals surface area contributed by atoms with E-state index in [2.05, 4.69) is 15.3 Å². The molecule has 0 aliphatic heterocycles. The van der Waals surface area contributed by atoms with Crippen molar-refractivity contribution < 1.29 is 4.79 Å². The molecule has 1 amide bonds. The van der Waals surface area contributed by atoms with Crippen LogP contribution in [0, 0.1) is 13.8 Å². The van der Waals surface area contributed by atoms with Crippen LogP contribution in [0.15, 0.2) is 29.1 Å². The van der Waals surface area contributed by atoms with Gasteiger partial charge in [0.25, 0.3) is 5.56 Å². The van der Waals surface area contributed by atoms with E-state index in [0.717, 1.165) is 0 Å². The number of halogens is 1. The smallest absolute Gasteiger partial charge is 0.254 e. The van der Waals surface area contributed by atoms with Crippen LogP contribution in [0.2, 0.25) is 5.02 Å². The van der Waals surface area contributed by atoms with Crippen molar-refractivity contribution in [3.05, 3.63) is 56.7 Å². The Bertz CT molecular complexity index is 710. The maximum atomic E-state index is 11.9. The van der Waals surface area contributed by atoms with Crippen molar-refractivity contribution in [2.75, 3.05) is 5.32 Å². The van der Waals surface area contributed by atoms with Crippen LogP contribution in [0.3, 0.4) is 0 Å². The monoisotopic (exact) mass is 291 g/mol. The Kier molecular flexibility index (Phi) is 4.20. The van der Waals surface area contributed by atoms with Gasteiger partial charge in [0.15, 0.2) is 0 Å². The minimum absolute atomic E-state index is 0.0268. The summed E-state index contributed by atoms with van der Waals surface area (Å²) in [6.07, 6.45) is -0.0268. The van der Waals surface area contributed by atoms with E-state index in [4.69, 9.17) is 11.6 Å². The summed E-state index contributed by atoms with van der Waals surface area (Å²) in [4.78, 5) is 30.5. The molecule has 1 heterocycles. The highest BCUT2D eigenvalue weighted by Gasteiger charge is 2.12. The Labute approximate surface area is 121 Å². The average molecular weight is 292 g/mol. The van der Waals surface area contributed by atoms with E-state index in [-0.39, 0.29) is 17.9 Å². The number of aromatic amines is 1. The van der Waals surface area contributed by atoms with Gasteiger partial charge in [0.2, 0.25) is 5.91 Å². The van der Waals surface area contributed by atoms with Crippen molar-refractivity contribution in [2.45, 2.75) is 20.3 Å². The van der Waals surface area contributed by atoms with Crippen LogP contribution in [0.5, 0.6) is 0 Å². The second-order valence-corrected chi connectivity index (χ2v) is 4.89. The van der Waals surface area contributed by atoms with Gasteiger partial charge < -0.3 is 10.3 Å². The number of aryl methyl sites for hydroxylation is 2. The molecule has 0 aliphatic carbocycles. The standard InChI is InChI=1S/C14H14ClN3O2/c1-8-12(14(20)17-9(2)16-8)7-13(19)18-11-5-3-4-10(15)6-11/h3-6H,7H2,1-2H3,(H,18,19)(H,16,17,20). The van der Waals surface area contributed by atoms with Gasteiger partial charge in [0.1, 0.15) is 5.82 Å². The second kappa shape index (κ2) is 5.88. The van der Waals surface area contributed by atoms with Crippen LogP contribution >= 0.6 is 11.6 Å². The van der Waals surface area contributed by atoms with E-state index in [1.165, 1.54) is 0 Å². The third-order valence-electron chi connectivity index (χ3n) is 2.79. The minimum Gasteiger partial charge on any atom is -0.326 e. The first-order chi connectivity index (χ1) is 9.45. The molecule has 0 saturated heterocycles. The molecule has 0 unspecified atom stereocenters.